The van der Waals surface area contributed by atoms with E-state index in [9.17, 15) is 9.18 Å². The van der Waals surface area contributed by atoms with Crippen molar-refractivity contribution in [2.45, 2.75) is 6.92 Å². The number of anilines is 1. The molecule has 3 rings (SSSR count). The number of amides is 1. The Bertz CT molecular complexity index is 880. The molecule has 24 heavy (non-hydrogen) atoms. The van der Waals surface area contributed by atoms with Gasteiger partial charge in [-0.3, -0.25) is 4.79 Å². The van der Waals surface area contributed by atoms with E-state index in [0.717, 1.165) is 4.47 Å². The van der Waals surface area contributed by atoms with E-state index >= 15 is 0 Å². The molecule has 0 saturated heterocycles. The minimum absolute atomic E-state index is 0.277. The van der Waals surface area contributed by atoms with Gasteiger partial charge in [0.15, 0.2) is 5.82 Å². The topological polar surface area (TPSA) is 54.9 Å². The first-order valence-corrected chi connectivity index (χ1v) is 7.99. The molecule has 0 aliphatic heterocycles. The van der Waals surface area contributed by atoms with Gasteiger partial charge in [-0.2, -0.15) is 0 Å². The van der Waals surface area contributed by atoms with Gasteiger partial charge in [-0.1, -0.05) is 15.9 Å². The second-order valence-corrected chi connectivity index (χ2v) is 6.08. The third kappa shape index (κ3) is 3.65. The molecule has 3 aromatic rings. The first kappa shape index (κ1) is 16.3. The number of rotatable bonds is 3. The normalized spacial score (nSPS) is 10.5. The first-order chi connectivity index (χ1) is 11.5. The zero-order chi connectivity index (χ0) is 17.1. The van der Waals surface area contributed by atoms with Crippen LogP contribution in [-0.4, -0.2) is 15.9 Å². The molecule has 0 fully saturated rings. The summed E-state index contributed by atoms with van der Waals surface area (Å²) in [4.78, 5) is 20.9. The fourth-order valence-electron chi connectivity index (χ4n) is 2.16. The van der Waals surface area contributed by atoms with Crippen molar-refractivity contribution in [2.75, 3.05) is 5.32 Å². The Morgan fingerprint density at radius 1 is 1.08 bits per heavy atom. The highest BCUT2D eigenvalue weighted by Crippen LogP contribution is 2.18. The van der Waals surface area contributed by atoms with Gasteiger partial charge in [-0.05, 0) is 55.5 Å². The molecule has 1 aromatic heterocycles. The molecule has 120 valence electrons. The van der Waals surface area contributed by atoms with E-state index in [1.54, 1.807) is 31.2 Å². The number of hydrogen-bond donors (Lipinski definition) is 1. The van der Waals surface area contributed by atoms with Gasteiger partial charge in [0.05, 0.1) is 11.3 Å². The Morgan fingerprint density at radius 2 is 1.75 bits per heavy atom. The lowest BCUT2D eigenvalue weighted by Crippen LogP contribution is -2.15. The van der Waals surface area contributed by atoms with Gasteiger partial charge in [0, 0.05) is 21.9 Å². The maximum absolute atomic E-state index is 13.0. The average molecular weight is 386 g/mol. The van der Waals surface area contributed by atoms with Gasteiger partial charge in [0.2, 0.25) is 0 Å². The molecule has 0 aliphatic carbocycles. The number of benzene rings is 2. The Balaban J connectivity index is 1.82. The number of nitrogens with zero attached hydrogens (tertiary/aromatic N) is 2. The van der Waals surface area contributed by atoms with E-state index in [2.05, 4.69) is 31.2 Å². The van der Waals surface area contributed by atoms with Crippen LogP contribution in [-0.2, 0) is 0 Å². The summed E-state index contributed by atoms with van der Waals surface area (Å²) in [5, 5.41) is 2.80. The molecular weight excluding hydrogens is 373 g/mol. The SMILES string of the molecule is Cc1nc(-c2ccc(F)cc2)ncc1C(=O)Nc1ccc(Br)cc1. The fourth-order valence-corrected chi connectivity index (χ4v) is 2.42. The Hall–Kier alpha value is -2.60. The molecule has 0 bridgehead atoms. The molecule has 0 aliphatic rings. The van der Waals surface area contributed by atoms with Crippen LogP contribution in [0.4, 0.5) is 10.1 Å². The van der Waals surface area contributed by atoms with Crippen LogP contribution >= 0.6 is 15.9 Å². The van der Waals surface area contributed by atoms with Crippen LogP contribution in [0, 0.1) is 12.7 Å². The van der Waals surface area contributed by atoms with Crippen LogP contribution in [0.2, 0.25) is 0 Å². The van der Waals surface area contributed by atoms with E-state index in [-0.39, 0.29) is 11.7 Å². The number of halogens is 2. The van der Waals surface area contributed by atoms with Crippen molar-refractivity contribution in [2.24, 2.45) is 0 Å². The summed E-state index contributed by atoms with van der Waals surface area (Å²) in [5.74, 6) is -0.144. The Morgan fingerprint density at radius 3 is 2.38 bits per heavy atom. The molecule has 1 amide bonds. The van der Waals surface area contributed by atoms with Crippen molar-refractivity contribution >= 4 is 27.5 Å². The largest absolute Gasteiger partial charge is 0.322 e. The lowest BCUT2D eigenvalue weighted by atomic mass is 10.1. The van der Waals surface area contributed by atoms with Crippen molar-refractivity contribution < 1.29 is 9.18 Å². The standard InChI is InChI=1S/C18H13BrFN3O/c1-11-16(18(24)23-15-8-4-13(19)5-9-15)10-21-17(22-11)12-2-6-14(20)7-3-12/h2-10H,1H3,(H,23,24). The first-order valence-electron chi connectivity index (χ1n) is 7.19. The summed E-state index contributed by atoms with van der Waals surface area (Å²) < 4.78 is 13.9. The minimum Gasteiger partial charge on any atom is -0.322 e. The molecule has 0 saturated carbocycles. The highest BCUT2D eigenvalue weighted by Gasteiger charge is 2.13. The Kier molecular flexibility index (Phi) is 4.66. The van der Waals surface area contributed by atoms with Gasteiger partial charge in [0.1, 0.15) is 5.82 Å². The van der Waals surface area contributed by atoms with Crippen LogP contribution in [0.25, 0.3) is 11.4 Å². The van der Waals surface area contributed by atoms with E-state index in [1.807, 2.05) is 12.1 Å². The second kappa shape index (κ2) is 6.88. The third-order valence-corrected chi connectivity index (χ3v) is 3.96. The fraction of sp³-hybridized carbons (Fsp3) is 0.0556. The zero-order valence-corrected chi connectivity index (χ0v) is 14.3. The molecule has 6 heteroatoms. The predicted molar refractivity (Wildman–Crippen MR) is 94.3 cm³/mol. The van der Waals surface area contributed by atoms with E-state index < -0.39 is 0 Å². The lowest BCUT2D eigenvalue weighted by Gasteiger charge is -2.08. The monoisotopic (exact) mass is 385 g/mol. The van der Waals surface area contributed by atoms with Gasteiger partial charge < -0.3 is 5.32 Å². The molecule has 0 spiro atoms. The average Bonchev–Trinajstić information content (AvgIpc) is 2.57. The number of hydrogen-bond acceptors (Lipinski definition) is 3. The highest BCUT2D eigenvalue weighted by atomic mass is 79.9. The van der Waals surface area contributed by atoms with Gasteiger partial charge in [-0.25, -0.2) is 14.4 Å². The maximum atomic E-state index is 13.0. The summed E-state index contributed by atoms with van der Waals surface area (Å²) in [6.45, 7) is 1.74. The smallest absolute Gasteiger partial charge is 0.259 e. The maximum Gasteiger partial charge on any atom is 0.259 e. The Labute approximate surface area is 146 Å². The number of nitrogens with one attached hydrogen (secondary N) is 1. The summed E-state index contributed by atoms with van der Waals surface area (Å²) in [6, 6.07) is 13.2. The van der Waals surface area contributed by atoms with E-state index in [1.165, 1.54) is 18.3 Å². The molecular formula is C18H13BrFN3O. The molecule has 2 aromatic carbocycles. The molecule has 1 N–H and O–H groups in total. The van der Waals surface area contributed by atoms with Crippen LogP contribution in [0.1, 0.15) is 16.1 Å². The number of carbonyl (C=O) groups excluding carboxylic acids is 1. The summed E-state index contributed by atoms with van der Waals surface area (Å²) in [5.41, 5.74) is 2.33. The number of carbonyl (C=O) groups is 1. The minimum atomic E-state index is -0.319. The zero-order valence-electron chi connectivity index (χ0n) is 12.8. The molecule has 0 radical (unpaired) electrons. The van der Waals surface area contributed by atoms with E-state index in [0.29, 0.717) is 28.3 Å². The van der Waals surface area contributed by atoms with Crippen molar-refractivity contribution in [3.63, 3.8) is 0 Å². The molecule has 4 nitrogen and oxygen atoms in total. The number of aromatic nitrogens is 2. The molecule has 1 heterocycles. The van der Waals surface area contributed by atoms with Crippen LogP contribution < -0.4 is 5.32 Å². The third-order valence-electron chi connectivity index (χ3n) is 3.43. The van der Waals surface area contributed by atoms with Crippen LogP contribution in [0.3, 0.4) is 0 Å². The molecule has 0 unspecified atom stereocenters. The highest BCUT2D eigenvalue weighted by molar-refractivity contribution is 9.10. The summed E-state index contributed by atoms with van der Waals surface area (Å²) >= 11 is 3.35. The van der Waals surface area contributed by atoms with Crippen molar-refractivity contribution in [1.29, 1.82) is 0 Å². The second-order valence-electron chi connectivity index (χ2n) is 5.16. The molecule has 0 atom stereocenters. The number of aryl methyl sites for hydroxylation is 1. The van der Waals surface area contributed by atoms with Gasteiger partial charge >= 0.3 is 0 Å². The predicted octanol–water partition coefficient (Wildman–Crippen LogP) is 4.61. The van der Waals surface area contributed by atoms with Crippen LogP contribution in [0.5, 0.6) is 0 Å². The lowest BCUT2D eigenvalue weighted by molar-refractivity contribution is 0.102. The summed E-state index contributed by atoms with van der Waals surface area (Å²) in [6.07, 6.45) is 1.48. The quantitative estimate of drug-likeness (QED) is 0.716. The van der Waals surface area contributed by atoms with Gasteiger partial charge in [-0.15, -0.1) is 0 Å². The van der Waals surface area contributed by atoms with E-state index in [4.69, 9.17) is 0 Å². The summed E-state index contributed by atoms with van der Waals surface area (Å²) in [7, 11) is 0. The van der Waals surface area contributed by atoms with Crippen molar-refractivity contribution in [3.8, 4) is 11.4 Å². The van der Waals surface area contributed by atoms with Crippen molar-refractivity contribution in [3.05, 3.63) is 76.3 Å². The van der Waals surface area contributed by atoms with Crippen LogP contribution in [0.15, 0.2) is 59.2 Å². The van der Waals surface area contributed by atoms with Crippen molar-refractivity contribution in [1.82, 2.24) is 9.97 Å². The van der Waals surface area contributed by atoms with Gasteiger partial charge in [0.25, 0.3) is 5.91 Å².